The van der Waals surface area contributed by atoms with Crippen molar-refractivity contribution >= 4 is 5.69 Å². The molecule has 0 aliphatic carbocycles. The van der Waals surface area contributed by atoms with Crippen LogP contribution in [0.4, 0.5) is 14.5 Å². The van der Waals surface area contributed by atoms with E-state index >= 15 is 0 Å². The summed E-state index contributed by atoms with van der Waals surface area (Å²) in [7, 11) is 0. The number of nitrogens with one attached hydrogen (secondary N) is 1. The quantitative estimate of drug-likeness (QED) is 0.884. The molecule has 1 aromatic carbocycles. The zero-order valence-corrected chi connectivity index (χ0v) is 10.2. The molecule has 1 aromatic heterocycles. The molecule has 0 fully saturated rings. The summed E-state index contributed by atoms with van der Waals surface area (Å²) in [5.74, 6) is -0.338. The van der Waals surface area contributed by atoms with Gasteiger partial charge in [0.2, 0.25) is 0 Å². The van der Waals surface area contributed by atoms with Crippen LogP contribution in [0.15, 0.2) is 30.6 Å². The summed E-state index contributed by atoms with van der Waals surface area (Å²) in [6.45, 7) is 3.37. The molecule has 0 saturated carbocycles. The van der Waals surface area contributed by atoms with Gasteiger partial charge in [-0.05, 0) is 18.6 Å². The number of aryl methyl sites for hydroxylation is 1. The van der Waals surface area contributed by atoms with Crippen molar-refractivity contribution in [1.29, 1.82) is 0 Å². The second kappa shape index (κ2) is 5.62. The van der Waals surface area contributed by atoms with Gasteiger partial charge >= 0.3 is 0 Å². The van der Waals surface area contributed by atoms with E-state index in [1.807, 2.05) is 10.8 Å². The number of aromatic nitrogens is 2. The van der Waals surface area contributed by atoms with E-state index in [4.69, 9.17) is 0 Å². The normalized spacial score (nSPS) is 10.6. The Hall–Kier alpha value is -1.91. The Bertz CT molecular complexity index is 523. The van der Waals surface area contributed by atoms with Gasteiger partial charge in [-0.1, -0.05) is 6.92 Å². The molecule has 1 heterocycles. The average Bonchev–Trinajstić information content (AvgIpc) is 2.76. The van der Waals surface area contributed by atoms with Crippen LogP contribution in [0, 0.1) is 11.6 Å². The minimum Gasteiger partial charge on any atom is -0.375 e. The van der Waals surface area contributed by atoms with Crippen LogP contribution in [0.1, 0.15) is 19.2 Å². The number of hydrogen-bond acceptors (Lipinski definition) is 2. The molecule has 0 saturated heterocycles. The van der Waals surface area contributed by atoms with Crippen molar-refractivity contribution in [2.45, 2.75) is 26.4 Å². The van der Waals surface area contributed by atoms with Gasteiger partial charge in [-0.25, -0.2) is 13.8 Å². The molecule has 0 atom stereocenters. The highest BCUT2D eigenvalue weighted by Crippen LogP contribution is 2.15. The lowest BCUT2D eigenvalue weighted by atomic mass is 10.3. The van der Waals surface area contributed by atoms with Crippen LogP contribution in [0.25, 0.3) is 0 Å². The summed E-state index contributed by atoms with van der Waals surface area (Å²) in [6, 6.07) is 3.47. The maximum atomic E-state index is 13.4. The van der Waals surface area contributed by atoms with E-state index in [1.54, 1.807) is 6.20 Å². The zero-order chi connectivity index (χ0) is 13.0. The summed E-state index contributed by atoms with van der Waals surface area (Å²) in [6.07, 6.45) is 4.61. The molecule has 0 spiro atoms. The molecular weight excluding hydrogens is 236 g/mol. The highest BCUT2D eigenvalue weighted by Gasteiger charge is 2.05. The SMILES string of the molecule is CCCn1ccnc1CNc1ccc(F)cc1F. The van der Waals surface area contributed by atoms with Gasteiger partial charge < -0.3 is 9.88 Å². The molecule has 0 radical (unpaired) electrons. The van der Waals surface area contributed by atoms with E-state index in [0.717, 1.165) is 24.9 Å². The molecule has 2 aromatic rings. The largest absolute Gasteiger partial charge is 0.375 e. The fourth-order valence-electron chi connectivity index (χ4n) is 1.76. The molecular formula is C13H15F2N3. The summed E-state index contributed by atoms with van der Waals surface area (Å²) in [5, 5.41) is 2.92. The Balaban J connectivity index is 2.04. The van der Waals surface area contributed by atoms with Crippen LogP contribution < -0.4 is 5.32 Å². The molecule has 5 heteroatoms. The number of imidazole rings is 1. The maximum absolute atomic E-state index is 13.4. The Labute approximate surface area is 104 Å². The van der Waals surface area contributed by atoms with Crippen LogP contribution in [0.5, 0.6) is 0 Å². The molecule has 0 amide bonds. The number of halogens is 2. The van der Waals surface area contributed by atoms with E-state index < -0.39 is 11.6 Å². The van der Waals surface area contributed by atoms with Crippen molar-refractivity contribution in [2.24, 2.45) is 0 Å². The second-order valence-corrected chi connectivity index (χ2v) is 4.01. The van der Waals surface area contributed by atoms with Crippen molar-refractivity contribution < 1.29 is 8.78 Å². The van der Waals surface area contributed by atoms with Crippen molar-refractivity contribution in [3.05, 3.63) is 48.1 Å². The van der Waals surface area contributed by atoms with Gasteiger partial charge in [0.15, 0.2) is 0 Å². The molecule has 3 nitrogen and oxygen atoms in total. The Kier molecular flexibility index (Phi) is 3.92. The first kappa shape index (κ1) is 12.5. The third-order valence-corrected chi connectivity index (χ3v) is 2.63. The second-order valence-electron chi connectivity index (χ2n) is 4.01. The fourth-order valence-corrected chi connectivity index (χ4v) is 1.76. The minimum atomic E-state index is -0.594. The van der Waals surface area contributed by atoms with Crippen LogP contribution in [0.3, 0.4) is 0 Å². The number of benzene rings is 1. The van der Waals surface area contributed by atoms with Gasteiger partial charge in [0.25, 0.3) is 0 Å². The predicted molar refractivity (Wildman–Crippen MR) is 66.2 cm³/mol. The number of rotatable bonds is 5. The standard InChI is InChI=1S/C13H15F2N3/c1-2-6-18-7-5-16-13(18)9-17-12-4-3-10(14)8-11(12)15/h3-5,7-8,17H,2,6,9H2,1H3. The van der Waals surface area contributed by atoms with Crippen molar-refractivity contribution in [1.82, 2.24) is 9.55 Å². The molecule has 0 aliphatic heterocycles. The lowest BCUT2D eigenvalue weighted by Crippen LogP contribution is -2.09. The lowest BCUT2D eigenvalue weighted by Gasteiger charge is -2.09. The molecule has 96 valence electrons. The van der Waals surface area contributed by atoms with E-state index in [0.29, 0.717) is 6.54 Å². The topological polar surface area (TPSA) is 29.9 Å². The van der Waals surface area contributed by atoms with Gasteiger partial charge in [-0.3, -0.25) is 0 Å². The molecule has 0 bridgehead atoms. The van der Waals surface area contributed by atoms with Gasteiger partial charge in [0.1, 0.15) is 17.5 Å². The first-order valence-electron chi connectivity index (χ1n) is 5.89. The summed E-state index contributed by atoms with van der Waals surface area (Å²) in [5.41, 5.74) is 0.280. The monoisotopic (exact) mass is 251 g/mol. The van der Waals surface area contributed by atoms with Crippen molar-refractivity contribution in [2.75, 3.05) is 5.32 Å². The Morgan fingerprint density at radius 1 is 1.33 bits per heavy atom. The van der Waals surface area contributed by atoms with E-state index in [9.17, 15) is 8.78 Å². The third kappa shape index (κ3) is 2.85. The van der Waals surface area contributed by atoms with E-state index in [1.165, 1.54) is 12.1 Å². The molecule has 18 heavy (non-hydrogen) atoms. The number of anilines is 1. The molecule has 0 aliphatic rings. The maximum Gasteiger partial charge on any atom is 0.149 e. The lowest BCUT2D eigenvalue weighted by molar-refractivity contribution is 0.584. The van der Waals surface area contributed by atoms with Gasteiger partial charge in [0, 0.05) is 25.0 Å². The fraction of sp³-hybridized carbons (Fsp3) is 0.308. The first-order valence-corrected chi connectivity index (χ1v) is 5.89. The smallest absolute Gasteiger partial charge is 0.149 e. The summed E-state index contributed by atoms with van der Waals surface area (Å²) in [4.78, 5) is 4.20. The number of nitrogens with zero attached hydrogens (tertiary/aromatic N) is 2. The van der Waals surface area contributed by atoms with Gasteiger partial charge in [-0.2, -0.15) is 0 Å². The van der Waals surface area contributed by atoms with E-state index in [-0.39, 0.29) is 5.69 Å². The van der Waals surface area contributed by atoms with Crippen molar-refractivity contribution in [3.63, 3.8) is 0 Å². The molecule has 0 unspecified atom stereocenters. The highest BCUT2D eigenvalue weighted by atomic mass is 19.1. The van der Waals surface area contributed by atoms with Crippen LogP contribution in [-0.4, -0.2) is 9.55 Å². The Morgan fingerprint density at radius 2 is 2.17 bits per heavy atom. The van der Waals surface area contributed by atoms with Gasteiger partial charge in [0.05, 0.1) is 12.2 Å². The third-order valence-electron chi connectivity index (χ3n) is 2.63. The predicted octanol–water partition coefficient (Wildman–Crippen LogP) is 3.18. The summed E-state index contributed by atoms with van der Waals surface area (Å²) < 4.78 is 28.1. The van der Waals surface area contributed by atoms with Crippen molar-refractivity contribution in [3.8, 4) is 0 Å². The highest BCUT2D eigenvalue weighted by molar-refractivity contribution is 5.44. The van der Waals surface area contributed by atoms with Crippen LogP contribution in [0.2, 0.25) is 0 Å². The minimum absolute atomic E-state index is 0.280. The molecule has 2 rings (SSSR count). The van der Waals surface area contributed by atoms with Gasteiger partial charge in [-0.15, -0.1) is 0 Å². The molecule has 1 N–H and O–H groups in total. The summed E-state index contributed by atoms with van der Waals surface area (Å²) >= 11 is 0. The zero-order valence-electron chi connectivity index (χ0n) is 10.2. The van der Waals surface area contributed by atoms with Crippen LogP contribution in [-0.2, 0) is 13.1 Å². The first-order chi connectivity index (χ1) is 8.70. The average molecular weight is 251 g/mol. The Morgan fingerprint density at radius 3 is 2.89 bits per heavy atom. The van der Waals surface area contributed by atoms with Crippen LogP contribution >= 0.6 is 0 Å². The number of hydrogen-bond donors (Lipinski definition) is 1. The van der Waals surface area contributed by atoms with E-state index in [2.05, 4.69) is 17.2 Å².